The lowest BCUT2D eigenvalue weighted by Gasteiger charge is -2.33. The molecule has 2 nitrogen and oxygen atoms in total. The number of benzene rings is 4. The van der Waals surface area contributed by atoms with E-state index in [9.17, 15) is 0 Å². The summed E-state index contributed by atoms with van der Waals surface area (Å²) in [5.74, 6) is 0.214. The van der Waals surface area contributed by atoms with Gasteiger partial charge in [0, 0.05) is 5.41 Å². The van der Waals surface area contributed by atoms with Gasteiger partial charge in [0.1, 0.15) is 0 Å². The minimum atomic E-state index is -0.614. The number of aliphatic imine (C=N–C) groups is 1. The standard InChI is InChI=1S/C59H58N2.C2H6/c1-8-9-15-28-48(6)59(42-22-14-17-26-46(4)25-16-10-11-23-43-60)56(33-24-27-47(5)49-29-18-12-19-30-49)54(39-41-58(61-7)45(2)3)55-44-53(38-40-57(55)59)52-36-34-51(35-37-52)50-31-20-13-21-32-50;1-2/h8-41,43-44,47H,2,4,6-7,42,60H2,1,3,5H3;1-2H3/b9-8-,11-10-,22-14-,25-16-,26-17-,27-24+,28-15-,43-23+,54-39-,56-33+,58-41-;. The van der Waals surface area contributed by atoms with Crippen LogP contribution in [0.4, 0.5) is 0 Å². The predicted octanol–water partition coefficient (Wildman–Crippen LogP) is 16.5. The monoisotopic (exact) mass is 825 g/mol. The molecule has 0 radical (unpaired) electrons. The van der Waals surface area contributed by atoms with Gasteiger partial charge in [0.2, 0.25) is 0 Å². The van der Waals surface area contributed by atoms with Gasteiger partial charge >= 0.3 is 0 Å². The van der Waals surface area contributed by atoms with Crippen molar-refractivity contribution in [1.82, 2.24) is 0 Å². The fourth-order valence-electron chi connectivity index (χ4n) is 7.47. The highest BCUT2D eigenvalue weighted by Crippen LogP contribution is 2.57. The maximum atomic E-state index is 5.44. The molecule has 0 saturated heterocycles. The Balaban J connectivity index is 0.00000429. The van der Waals surface area contributed by atoms with Crippen molar-refractivity contribution in [2.24, 2.45) is 10.7 Å². The molecule has 0 amide bonds. The maximum absolute atomic E-state index is 5.44. The Morgan fingerprint density at radius 1 is 0.683 bits per heavy atom. The van der Waals surface area contributed by atoms with Crippen LogP contribution in [0.1, 0.15) is 63.6 Å². The average Bonchev–Trinajstić information content (AvgIpc) is 3.58. The van der Waals surface area contributed by atoms with E-state index >= 15 is 0 Å². The van der Waals surface area contributed by atoms with Crippen LogP contribution >= 0.6 is 0 Å². The molecule has 5 rings (SSSR count). The largest absolute Gasteiger partial charge is 0.405 e. The number of nitrogens with two attached hydrogens (primary N) is 1. The Kier molecular flexibility index (Phi) is 19.6. The van der Waals surface area contributed by atoms with Crippen molar-refractivity contribution in [3.63, 3.8) is 0 Å². The van der Waals surface area contributed by atoms with Gasteiger partial charge in [-0.05, 0) is 124 Å². The van der Waals surface area contributed by atoms with Crippen LogP contribution in [0.15, 0.2) is 271 Å². The summed E-state index contributed by atoms with van der Waals surface area (Å²) in [4.78, 5) is 4.34. The first-order valence-electron chi connectivity index (χ1n) is 21.8. The second kappa shape index (κ2) is 25.5. The fourth-order valence-corrected chi connectivity index (χ4v) is 7.47. The van der Waals surface area contributed by atoms with Gasteiger partial charge in [0.25, 0.3) is 0 Å². The van der Waals surface area contributed by atoms with E-state index in [1.54, 1.807) is 6.08 Å². The number of fused-ring (bicyclic) bond motifs is 1. The van der Waals surface area contributed by atoms with E-state index in [2.05, 4.69) is 184 Å². The summed E-state index contributed by atoms with van der Waals surface area (Å²) in [5, 5.41) is 0. The van der Waals surface area contributed by atoms with Crippen molar-refractivity contribution in [2.75, 3.05) is 0 Å². The molecule has 0 bridgehead atoms. The lowest BCUT2D eigenvalue weighted by atomic mass is 9.69. The quantitative estimate of drug-likeness (QED) is 0.0788. The van der Waals surface area contributed by atoms with Gasteiger partial charge in [-0.3, -0.25) is 4.99 Å². The van der Waals surface area contributed by atoms with E-state index in [-0.39, 0.29) is 5.92 Å². The van der Waals surface area contributed by atoms with Gasteiger partial charge in [-0.25, -0.2) is 0 Å². The summed E-state index contributed by atoms with van der Waals surface area (Å²) in [6.45, 7) is 27.3. The van der Waals surface area contributed by atoms with Crippen LogP contribution in [0.25, 0.3) is 27.8 Å². The van der Waals surface area contributed by atoms with Crippen LogP contribution in [-0.4, -0.2) is 6.72 Å². The van der Waals surface area contributed by atoms with Crippen molar-refractivity contribution in [2.45, 2.75) is 52.4 Å². The van der Waals surface area contributed by atoms with Gasteiger partial charge in [0.15, 0.2) is 0 Å². The predicted molar refractivity (Wildman–Crippen MR) is 280 cm³/mol. The first kappa shape index (κ1) is 48.4. The van der Waals surface area contributed by atoms with Gasteiger partial charge in [-0.2, -0.15) is 0 Å². The molecule has 0 saturated carbocycles. The molecule has 0 aromatic heterocycles. The zero-order valence-corrected chi connectivity index (χ0v) is 37.9. The van der Waals surface area contributed by atoms with Gasteiger partial charge < -0.3 is 5.73 Å². The molecule has 4 aromatic rings. The third kappa shape index (κ3) is 13.1. The summed E-state index contributed by atoms with van der Waals surface area (Å²) in [6, 6.07) is 36.8. The Labute approximate surface area is 379 Å². The SMILES string of the molecule is C=N\C(=C/C=C1\C(=C/C=C/C(C)c2ccccc2)C(C/C=C\C=C/C(=C)\C=C/C=C\C=C\N)(C(=C)/C=C\C=C/C)c2ccc(-c3ccc(-c4ccccc4)cc3)cc21)C(=C)C.CC. The lowest BCUT2D eigenvalue weighted by molar-refractivity contribution is 0.646. The molecule has 63 heavy (non-hydrogen) atoms. The van der Waals surface area contributed by atoms with Crippen molar-refractivity contribution in [1.29, 1.82) is 0 Å². The molecule has 2 unspecified atom stereocenters. The summed E-state index contributed by atoms with van der Waals surface area (Å²) in [5.41, 5.74) is 18.8. The zero-order valence-electron chi connectivity index (χ0n) is 37.9. The average molecular weight is 825 g/mol. The molecule has 4 aromatic carbocycles. The number of allylic oxidation sites excluding steroid dienone is 23. The fraction of sp³-hybridized carbons (Fsp3) is 0.131. The van der Waals surface area contributed by atoms with Crippen LogP contribution in [0.2, 0.25) is 0 Å². The van der Waals surface area contributed by atoms with Crippen LogP contribution in [0.5, 0.6) is 0 Å². The highest BCUT2D eigenvalue weighted by molar-refractivity contribution is 5.95. The Hall–Kier alpha value is -7.29. The Bertz CT molecular complexity index is 2520. The summed E-state index contributed by atoms with van der Waals surface area (Å²) < 4.78 is 0. The smallest absolute Gasteiger partial charge is 0.0645 e. The molecule has 2 heteroatoms. The summed E-state index contributed by atoms with van der Waals surface area (Å²) in [7, 11) is 0. The first-order valence-corrected chi connectivity index (χ1v) is 21.8. The Morgan fingerprint density at radius 2 is 1.27 bits per heavy atom. The highest BCUT2D eigenvalue weighted by atomic mass is 14.7. The minimum Gasteiger partial charge on any atom is -0.405 e. The summed E-state index contributed by atoms with van der Waals surface area (Å²) >= 11 is 0. The third-order valence-corrected chi connectivity index (χ3v) is 10.7. The molecule has 318 valence electrons. The Morgan fingerprint density at radius 3 is 1.90 bits per heavy atom. The third-order valence-electron chi connectivity index (χ3n) is 10.7. The molecule has 2 atom stereocenters. The molecule has 0 aliphatic heterocycles. The van der Waals surface area contributed by atoms with Crippen LogP contribution < -0.4 is 5.73 Å². The van der Waals surface area contributed by atoms with Crippen molar-refractivity contribution in [3.05, 3.63) is 283 Å². The van der Waals surface area contributed by atoms with Crippen LogP contribution in [0, 0.1) is 0 Å². The van der Waals surface area contributed by atoms with Crippen molar-refractivity contribution in [3.8, 4) is 22.3 Å². The topological polar surface area (TPSA) is 38.4 Å². The molecule has 2 N–H and O–H groups in total. The molecule has 0 heterocycles. The van der Waals surface area contributed by atoms with Crippen molar-refractivity contribution >= 4 is 12.3 Å². The van der Waals surface area contributed by atoms with Crippen molar-refractivity contribution < 1.29 is 0 Å². The van der Waals surface area contributed by atoms with Gasteiger partial charge in [-0.15, -0.1) is 0 Å². The molecule has 0 spiro atoms. The van der Waals surface area contributed by atoms with E-state index in [4.69, 9.17) is 12.3 Å². The van der Waals surface area contributed by atoms with E-state index in [1.165, 1.54) is 28.5 Å². The minimum absolute atomic E-state index is 0.214. The normalized spacial score (nSPS) is 17.3. The number of hydrogen-bond donors (Lipinski definition) is 1. The van der Waals surface area contributed by atoms with Gasteiger partial charge in [-0.1, -0.05) is 235 Å². The molecule has 1 aliphatic rings. The number of rotatable bonds is 18. The summed E-state index contributed by atoms with van der Waals surface area (Å²) in [6.07, 6.45) is 39.3. The molecular weight excluding hydrogens is 761 g/mol. The lowest BCUT2D eigenvalue weighted by Crippen LogP contribution is -2.26. The van der Waals surface area contributed by atoms with E-state index in [1.807, 2.05) is 82.4 Å². The molecular formula is C61H64N2. The van der Waals surface area contributed by atoms with Gasteiger partial charge in [0.05, 0.1) is 5.70 Å². The second-order valence-electron chi connectivity index (χ2n) is 14.9. The second-order valence-corrected chi connectivity index (χ2v) is 14.9. The zero-order chi connectivity index (χ0) is 45.5. The van der Waals surface area contributed by atoms with Crippen LogP contribution in [-0.2, 0) is 5.41 Å². The molecule has 0 fully saturated rings. The van der Waals surface area contributed by atoms with E-state index < -0.39 is 5.41 Å². The highest BCUT2D eigenvalue weighted by Gasteiger charge is 2.46. The number of nitrogens with zero attached hydrogens (tertiary/aromatic N) is 1. The number of hydrogen-bond acceptors (Lipinski definition) is 2. The molecule has 1 aliphatic carbocycles. The first-order chi connectivity index (χ1) is 30.7. The van der Waals surface area contributed by atoms with E-state index in [0.29, 0.717) is 6.42 Å². The maximum Gasteiger partial charge on any atom is 0.0645 e. The van der Waals surface area contributed by atoms with Crippen LogP contribution in [0.3, 0.4) is 0 Å². The van der Waals surface area contributed by atoms with E-state index in [0.717, 1.165) is 50.3 Å².